The Hall–Kier alpha value is -0.340. The molecule has 0 aromatic rings. The maximum absolute atomic E-state index is 5.95. The van der Waals surface area contributed by atoms with Crippen LogP contribution in [0, 0.1) is 23.7 Å². The lowest BCUT2D eigenvalue weighted by atomic mass is 9.61. The molecule has 0 bridgehead atoms. The van der Waals surface area contributed by atoms with Gasteiger partial charge in [0.1, 0.15) is 0 Å². The van der Waals surface area contributed by atoms with Crippen LogP contribution in [0.3, 0.4) is 0 Å². The Bertz CT molecular complexity index is 327. The van der Waals surface area contributed by atoms with Crippen molar-refractivity contribution in [2.45, 2.75) is 32.0 Å². The van der Waals surface area contributed by atoms with Gasteiger partial charge in [0.05, 0.1) is 13.2 Å². The van der Waals surface area contributed by atoms with Crippen molar-refractivity contribution in [2.24, 2.45) is 23.7 Å². The molecular formula is C13H18O2. The molecule has 15 heavy (non-hydrogen) atoms. The predicted octanol–water partition coefficient (Wildman–Crippen LogP) is 2.35. The molecule has 82 valence electrons. The Labute approximate surface area is 90.6 Å². The largest absolute Gasteiger partial charge is 0.347 e. The molecule has 4 atom stereocenters. The molecule has 1 spiro atoms. The van der Waals surface area contributed by atoms with E-state index >= 15 is 0 Å². The van der Waals surface area contributed by atoms with Gasteiger partial charge in [0.15, 0.2) is 5.79 Å². The molecule has 0 aromatic carbocycles. The molecule has 3 fully saturated rings. The van der Waals surface area contributed by atoms with Gasteiger partial charge in [0.2, 0.25) is 0 Å². The highest BCUT2D eigenvalue weighted by atomic mass is 16.7. The minimum Gasteiger partial charge on any atom is -0.347 e. The zero-order valence-corrected chi connectivity index (χ0v) is 9.24. The highest BCUT2D eigenvalue weighted by molar-refractivity contribution is 5.31. The third kappa shape index (κ3) is 0.818. The minimum absolute atomic E-state index is 0.170. The van der Waals surface area contributed by atoms with Crippen molar-refractivity contribution in [1.29, 1.82) is 0 Å². The van der Waals surface area contributed by atoms with E-state index in [-0.39, 0.29) is 5.79 Å². The zero-order chi connectivity index (χ0) is 10.0. The summed E-state index contributed by atoms with van der Waals surface area (Å²) < 4.78 is 11.9. The molecule has 0 aromatic heterocycles. The van der Waals surface area contributed by atoms with E-state index in [1.807, 2.05) is 0 Å². The van der Waals surface area contributed by atoms with E-state index in [1.54, 1.807) is 5.57 Å². The molecule has 4 rings (SSSR count). The number of fused-ring (bicyclic) bond motifs is 2. The fourth-order valence-electron chi connectivity index (χ4n) is 4.64. The molecule has 1 heterocycles. The second-order valence-electron chi connectivity index (χ2n) is 5.41. The van der Waals surface area contributed by atoms with E-state index in [0.717, 1.165) is 25.0 Å². The van der Waals surface area contributed by atoms with E-state index in [9.17, 15) is 0 Å². The molecular weight excluding hydrogens is 188 g/mol. The second-order valence-corrected chi connectivity index (χ2v) is 5.41. The molecule has 1 aliphatic heterocycles. The van der Waals surface area contributed by atoms with E-state index < -0.39 is 0 Å². The van der Waals surface area contributed by atoms with Crippen LogP contribution in [0.25, 0.3) is 0 Å². The smallest absolute Gasteiger partial charge is 0.178 e. The first-order chi connectivity index (χ1) is 7.37. The number of rotatable bonds is 1. The molecule has 2 unspecified atom stereocenters. The average molecular weight is 206 g/mol. The van der Waals surface area contributed by atoms with Crippen molar-refractivity contribution in [3.8, 4) is 0 Å². The van der Waals surface area contributed by atoms with Crippen molar-refractivity contribution in [2.75, 3.05) is 13.2 Å². The van der Waals surface area contributed by atoms with Gasteiger partial charge in [-0.15, -0.1) is 0 Å². The summed E-state index contributed by atoms with van der Waals surface area (Å²) in [6, 6.07) is 0. The quantitative estimate of drug-likeness (QED) is 0.613. The fraction of sp³-hybridized carbons (Fsp3) is 0.846. The van der Waals surface area contributed by atoms with Crippen LogP contribution in [0.2, 0.25) is 0 Å². The summed E-state index contributed by atoms with van der Waals surface area (Å²) in [7, 11) is 0. The summed E-state index contributed by atoms with van der Waals surface area (Å²) in [4.78, 5) is 0. The van der Waals surface area contributed by atoms with Gasteiger partial charge in [0.25, 0.3) is 0 Å². The Morgan fingerprint density at radius 1 is 1.33 bits per heavy atom. The third-order valence-electron chi connectivity index (χ3n) is 5.13. The van der Waals surface area contributed by atoms with Crippen LogP contribution in [-0.4, -0.2) is 19.0 Å². The third-order valence-corrected chi connectivity index (χ3v) is 5.13. The van der Waals surface area contributed by atoms with Crippen LogP contribution in [0.15, 0.2) is 11.6 Å². The van der Waals surface area contributed by atoms with Gasteiger partial charge in [-0.2, -0.15) is 0 Å². The Morgan fingerprint density at radius 2 is 2.13 bits per heavy atom. The molecule has 2 saturated carbocycles. The van der Waals surface area contributed by atoms with Crippen LogP contribution < -0.4 is 0 Å². The van der Waals surface area contributed by atoms with Gasteiger partial charge < -0.3 is 9.47 Å². The maximum Gasteiger partial charge on any atom is 0.178 e. The summed E-state index contributed by atoms with van der Waals surface area (Å²) in [6.07, 6.45) is 6.40. The Kier molecular flexibility index (Phi) is 1.56. The average Bonchev–Trinajstić information content (AvgIpc) is 2.89. The minimum atomic E-state index is -0.170. The molecule has 1 saturated heterocycles. The van der Waals surface area contributed by atoms with Crippen LogP contribution in [-0.2, 0) is 9.47 Å². The van der Waals surface area contributed by atoms with Gasteiger partial charge in [0, 0.05) is 11.8 Å². The van der Waals surface area contributed by atoms with Gasteiger partial charge in [-0.25, -0.2) is 0 Å². The van der Waals surface area contributed by atoms with Crippen molar-refractivity contribution >= 4 is 0 Å². The number of hydrogen-bond acceptors (Lipinski definition) is 2. The summed E-state index contributed by atoms with van der Waals surface area (Å²) in [5, 5.41) is 0. The lowest BCUT2D eigenvalue weighted by molar-refractivity contribution is -0.298. The van der Waals surface area contributed by atoms with Crippen LogP contribution in [0.4, 0.5) is 0 Å². The Morgan fingerprint density at radius 3 is 2.87 bits per heavy atom. The Balaban J connectivity index is 1.74. The summed E-state index contributed by atoms with van der Waals surface area (Å²) in [5.74, 6) is 2.88. The highest BCUT2D eigenvalue weighted by Crippen LogP contribution is 2.68. The zero-order valence-electron chi connectivity index (χ0n) is 9.24. The standard InChI is InChI=1S/C13H18O2/c1-2-8-7-11-12-9(8)3-4-10(12)13(11)14-5-6-15-13/h7,9-12H,2-6H2,1H3/t9?,10-,11?,12+/m0/s1. The molecule has 3 aliphatic carbocycles. The van der Waals surface area contributed by atoms with E-state index in [4.69, 9.17) is 9.47 Å². The number of allylic oxidation sites excluding steroid dienone is 1. The SMILES string of the molecule is CCC1=CC2[C@@H]3C1CC[C@@H]3C21OCCO1. The normalized spacial score (nSPS) is 49.3. The van der Waals surface area contributed by atoms with Crippen LogP contribution >= 0.6 is 0 Å². The van der Waals surface area contributed by atoms with Crippen LogP contribution in [0.5, 0.6) is 0 Å². The molecule has 0 N–H and O–H groups in total. The lowest BCUT2D eigenvalue weighted by Gasteiger charge is -2.53. The van der Waals surface area contributed by atoms with Crippen molar-refractivity contribution < 1.29 is 9.47 Å². The first-order valence-electron chi connectivity index (χ1n) is 6.35. The van der Waals surface area contributed by atoms with Gasteiger partial charge >= 0.3 is 0 Å². The monoisotopic (exact) mass is 206 g/mol. The van der Waals surface area contributed by atoms with Gasteiger partial charge in [-0.05, 0) is 31.1 Å². The first-order valence-corrected chi connectivity index (χ1v) is 6.35. The molecule has 0 radical (unpaired) electrons. The number of ether oxygens (including phenoxy) is 2. The molecule has 2 nitrogen and oxygen atoms in total. The van der Waals surface area contributed by atoms with Gasteiger partial charge in [-0.1, -0.05) is 18.6 Å². The van der Waals surface area contributed by atoms with Crippen molar-refractivity contribution in [1.82, 2.24) is 0 Å². The topological polar surface area (TPSA) is 18.5 Å². The van der Waals surface area contributed by atoms with Crippen LogP contribution in [0.1, 0.15) is 26.2 Å². The van der Waals surface area contributed by atoms with E-state index in [2.05, 4.69) is 13.0 Å². The van der Waals surface area contributed by atoms with Crippen molar-refractivity contribution in [3.05, 3.63) is 11.6 Å². The predicted molar refractivity (Wildman–Crippen MR) is 56.2 cm³/mol. The molecule has 4 aliphatic rings. The van der Waals surface area contributed by atoms with Crippen molar-refractivity contribution in [3.63, 3.8) is 0 Å². The van der Waals surface area contributed by atoms with E-state index in [0.29, 0.717) is 11.8 Å². The summed E-state index contributed by atoms with van der Waals surface area (Å²) >= 11 is 0. The summed E-state index contributed by atoms with van der Waals surface area (Å²) in [5.41, 5.74) is 1.68. The summed E-state index contributed by atoms with van der Waals surface area (Å²) in [6.45, 7) is 3.90. The molecule has 0 amide bonds. The lowest BCUT2D eigenvalue weighted by Crippen LogP contribution is -2.60. The maximum atomic E-state index is 5.95. The fourth-order valence-corrected chi connectivity index (χ4v) is 4.64. The van der Waals surface area contributed by atoms with E-state index in [1.165, 1.54) is 19.3 Å². The highest BCUT2D eigenvalue weighted by Gasteiger charge is 2.70. The molecule has 2 heteroatoms. The second kappa shape index (κ2) is 2.67. The first kappa shape index (κ1) is 8.77. The number of hydrogen-bond donors (Lipinski definition) is 0. The van der Waals surface area contributed by atoms with Gasteiger partial charge in [-0.3, -0.25) is 0 Å².